The summed E-state index contributed by atoms with van der Waals surface area (Å²) in [7, 11) is 3.73. The van der Waals surface area contributed by atoms with Crippen molar-refractivity contribution in [3.05, 3.63) is 29.2 Å². The zero-order chi connectivity index (χ0) is 17.2. The summed E-state index contributed by atoms with van der Waals surface area (Å²) < 4.78 is 7.31. The second-order valence-corrected chi connectivity index (χ2v) is 6.86. The normalized spacial score (nSPS) is 18.2. The van der Waals surface area contributed by atoms with E-state index >= 15 is 0 Å². The molecule has 7 nitrogen and oxygen atoms in total. The molecule has 3 heterocycles. The number of ether oxygens (including phenoxy) is 1. The summed E-state index contributed by atoms with van der Waals surface area (Å²) in [5, 5.41) is 4.74. The first-order valence-corrected chi connectivity index (χ1v) is 9.12. The molecule has 2 aromatic rings. The Bertz CT molecular complexity index is 735. The molecule has 0 radical (unpaired) electrons. The molecule has 1 fully saturated rings. The van der Waals surface area contributed by atoms with Crippen molar-refractivity contribution < 1.29 is 4.74 Å². The molecular formula is C18H26N6O. The summed E-state index contributed by atoms with van der Waals surface area (Å²) in [6.45, 7) is 4.90. The second kappa shape index (κ2) is 7.00. The van der Waals surface area contributed by atoms with E-state index in [1.807, 2.05) is 0 Å². The Morgan fingerprint density at radius 2 is 1.92 bits per heavy atom. The van der Waals surface area contributed by atoms with Crippen molar-refractivity contribution in [1.82, 2.24) is 24.6 Å². The summed E-state index contributed by atoms with van der Waals surface area (Å²) in [6.07, 6.45) is 6.67. The van der Waals surface area contributed by atoms with E-state index in [2.05, 4.69) is 31.5 Å². The molecule has 25 heavy (non-hydrogen) atoms. The Hall–Kier alpha value is -2.15. The quantitative estimate of drug-likeness (QED) is 0.838. The predicted molar refractivity (Wildman–Crippen MR) is 95.9 cm³/mol. The number of rotatable bonds is 4. The van der Waals surface area contributed by atoms with Crippen molar-refractivity contribution >= 4 is 5.95 Å². The lowest BCUT2D eigenvalue weighted by atomic mass is 9.95. The predicted octanol–water partition coefficient (Wildman–Crippen LogP) is 1.42. The van der Waals surface area contributed by atoms with Crippen molar-refractivity contribution in [3.8, 4) is 5.88 Å². The third-order valence-electron chi connectivity index (χ3n) is 5.30. The lowest BCUT2D eigenvalue weighted by Gasteiger charge is -2.34. The molecule has 2 aromatic heterocycles. The van der Waals surface area contributed by atoms with E-state index in [1.165, 1.54) is 36.2 Å². The second-order valence-electron chi connectivity index (χ2n) is 6.86. The molecule has 2 aliphatic rings. The Balaban J connectivity index is 1.40. The van der Waals surface area contributed by atoms with Crippen LogP contribution in [0.4, 0.5) is 5.95 Å². The molecular weight excluding hydrogens is 316 g/mol. The van der Waals surface area contributed by atoms with E-state index in [4.69, 9.17) is 9.84 Å². The van der Waals surface area contributed by atoms with Crippen LogP contribution in [0, 0.1) is 0 Å². The van der Waals surface area contributed by atoms with Gasteiger partial charge in [0, 0.05) is 52.0 Å². The van der Waals surface area contributed by atoms with Crippen LogP contribution in [0.1, 0.15) is 29.8 Å². The highest BCUT2D eigenvalue weighted by Gasteiger charge is 2.24. The van der Waals surface area contributed by atoms with E-state index < -0.39 is 0 Å². The maximum absolute atomic E-state index is 5.21. The number of hydrogen-bond acceptors (Lipinski definition) is 6. The van der Waals surface area contributed by atoms with E-state index in [9.17, 15) is 0 Å². The topological polar surface area (TPSA) is 59.3 Å². The first-order chi connectivity index (χ1) is 12.2. The van der Waals surface area contributed by atoms with E-state index in [0.29, 0.717) is 5.88 Å². The van der Waals surface area contributed by atoms with Crippen molar-refractivity contribution in [2.75, 3.05) is 38.2 Å². The molecule has 0 amide bonds. The van der Waals surface area contributed by atoms with Gasteiger partial charge in [-0.15, -0.1) is 0 Å². The van der Waals surface area contributed by atoms with Gasteiger partial charge in [-0.3, -0.25) is 9.58 Å². The van der Waals surface area contributed by atoms with Crippen LogP contribution in [0.5, 0.6) is 5.88 Å². The lowest BCUT2D eigenvalue weighted by Crippen LogP contribution is -2.46. The lowest BCUT2D eigenvalue weighted by molar-refractivity contribution is 0.241. The fraction of sp³-hybridized carbons (Fsp3) is 0.611. The molecule has 1 aliphatic carbocycles. The van der Waals surface area contributed by atoms with Gasteiger partial charge in [0.25, 0.3) is 0 Å². The molecule has 0 unspecified atom stereocenters. The van der Waals surface area contributed by atoms with Crippen molar-refractivity contribution in [3.63, 3.8) is 0 Å². The number of hydrogen-bond donors (Lipinski definition) is 0. The van der Waals surface area contributed by atoms with Crippen LogP contribution in [0.25, 0.3) is 0 Å². The first kappa shape index (κ1) is 16.3. The van der Waals surface area contributed by atoms with Crippen LogP contribution in [-0.2, 0) is 26.4 Å². The van der Waals surface area contributed by atoms with Gasteiger partial charge in [-0.1, -0.05) is 0 Å². The number of anilines is 1. The van der Waals surface area contributed by atoms with Crippen LogP contribution in [0.15, 0.2) is 12.3 Å². The maximum Gasteiger partial charge on any atom is 0.228 e. The summed E-state index contributed by atoms with van der Waals surface area (Å²) in [6, 6.07) is 1.78. The summed E-state index contributed by atoms with van der Waals surface area (Å²) in [5.41, 5.74) is 4.24. The average Bonchev–Trinajstić information content (AvgIpc) is 2.98. The minimum atomic E-state index is 0.619. The van der Waals surface area contributed by atoms with Gasteiger partial charge < -0.3 is 9.64 Å². The first-order valence-electron chi connectivity index (χ1n) is 9.12. The molecule has 0 spiro atoms. The van der Waals surface area contributed by atoms with Crippen LogP contribution < -0.4 is 9.64 Å². The smallest absolute Gasteiger partial charge is 0.228 e. The van der Waals surface area contributed by atoms with E-state index in [-0.39, 0.29) is 0 Å². The Labute approximate surface area is 148 Å². The van der Waals surface area contributed by atoms with Crippen molar-refractivity contribution in [1.29, 1.82) is 0 Å². The standard InChI is InChI=1S/C18H26N6O/c1-22-16(14-5-3-4-6-15(14)21-22)13-23-9-11-24(12-10-23)18-19-8-7-17(20-18)25-2/h7-8H,3-6,9-13H2,1-2H3. The van der Waals surface area contributed by atoms with Gasteiger partial charge in [-0.05, 0) is 31.2 Å². The molecule has 7 heteroatoms. The third kappa shape index (κ3) is 3.33. The Morgan fingerprint density at radius 3 is 2.72 bits per heavy atom. The third-order valence-corrected chi connectivity index (χ3v) is 5.30. The van der Waals surface area contributed by atoms with Gasteiger partial charge in [0.2, 0.25) is 11.8 Å². The van der Waals surface area contributed by atoms with Gasteiger partial charge in [0.05, 0.1) is 18.5 Å². The van der Waals surface area contributed by atoms with Gasteiger partial charge in [0.1, 0.15) is 0 Å². The number of fused-ring (bicyclic) bond motifs is 1. The van der Waals surface area contributed by atoms with Crippen molar-refractivity contribution in [2.24, 2.45) is 7.05 Å². The molecule has 0 bridgehead atoms. The van der Waals surface area contributed by atoms with Gasteiger partial charge in [0.15, 0.2) is 0 Å². The summed E-state index contributed by atoms with van der Waals surface area (Å²) in [5.74, 6) is 1.38. The average molecular weight is 342 g/mol. The Morgan fingerprint density at radius 1 is 1.12 bits per heavy atom. The molecule has 134 valence electrons. The summed E-state index contributed by atoms with van der Waals surface area (Å²) >= 11 is 0. The number of methoxy groups -OCH3 is 1. The zero-order valence-electron chi connectivity index (χ0n) is 15.1. The van der Waals surface area contributed by atoms with Crippen LogP contribution >= 0.6 is 0 Å². The highest BCUT2D eigenvalue weighted by Crippen LogP contribution is 2.25. The minimum Gasteiger partial charge on any atom is -0.481 e. The van der Waals surface area contributed by atoms with Gasteiger partial charge in [-0.25, -0.2) is 4.98 Å². The SMILES string of the molecule is COc1ccnc(N2CCN(Cc3c4c(nn3C)CCCC4)CC2)n1. The molecule has 0 atom stereocenters. The van der Waals surface area contributed by atoms with E-state index in [0.717, 1.165) is 45.1 Å². The minimum absolute atomic E-state index is 0.619. The summed E-state index contributed by atoms with van der Waals surface area (Å²) in [4.78, 5) is 13.6. The number of aryl methyl sites for hydroxylation is 2. The molecule has 4 rings (SSSR count). The number of piperazine rings is 1. The number of nitrogens with zero attached hydrogens (tertiary/aromatic N) is 6. The largest absolute Gasteiger partial charge is 0.481 e. The molecule has 0 N–H and O–H groups in total. The van der Waals surface area contributed by atoms with Crippen molar-refractivity contribution in [2.45, 2.75) is 32.2 Å². The van der Waals surface area contributed by atoms with Crippen LogP contribution in [-0.4, -0.2) is 57.9 Å². The molecule has 0 saturated carbocycles. The van der Waals surface area contributed by atoms with Crippen LogP contribution in [0.3, 0.4) is 0 Å². The number of aromatic nitrogens is 4. The fourth-order valence-corrected chi connectivity index (χ4v) is 3.86. The molecule has 1 aliphatic heterocycles. The highest BCUT2D eigenvalue weighted by molar-refractivity contribution is 5.33. The van der Waals surface area contributed by atoms with E-state index in [1.54, 1.807) is 19.4 Å². The molecule has 0 aromatic carbocycles. The Kier molecular flexibility index (Phi) is 4.57. The monoisotopic (exact) mass is 342 g/mol. The van der Waals surface area contributed by atoms with Gasteiger partial charge >= 0.3 is 0 Å². The highest BCUT2D eigenvalue weighted by atomic mass is 16.5. The fourth-order valence-electron chi connectivity index (χ4n) is 3.86. The van der Waals surface area contributed by atoms with Gasteiger partial charge in [-0.2, -0.15) is 10.1 Å². The molecule has 1 saturated heterocycles. The zero-order valence-corrected chi connectivity index (χ0v) is 15.1. The maximum atomic E-state index is 5.21. The van der Waals surface area contributed by atoms with Crippen LogP contribution in [0.2, 0.25) is 0 Å².